The van der Waals surface area contributed by atoms with Crippen LogP contribution >= 0.6 is 0 Å². The molecule has 0 heterocycles. The molecule has 9 nitrogen and oxygen atoms in total. The molecule has 0 aromatic heterocycles. The number of rotatable bonds is 7. The van der Waals surface area contributed by atoms with E-state index in [1.165, 1.54) is 48.7 Å². The molecule has 1 amide bonds. The molecule has 3 aromatic carbocycles. The maximum absolute atomic E-state index is 12.3. The van der Waals surface area contributed by atoms with Crippen molar-refractivity contribution in [3.8, 4) is 5.75 Å². The Morgan fingerprint density at radius 2 is 1.73 bits per heavy atom. The van der Waals surface area contributed by atoms with E-state index in [9.17, 15) is 23.3 Å². The fraction of sp³-hybridized carbons (Fsp3) is 0. The fourth-order valence-corrected chi connectivity index (χ4v) is 3.34. The number of amides is 1. The van der Waals surface area contributed by atoms with Gasteiger partial charge >= 0.3 is 10.1 Å². The molecule has 0 aliphatic rings. The summed E-state index contributed by atoms with van der Waals surface area (Å²) in [5.74, 6) is -0.554. The zero-order valence-corrected chi connectivity index (χ0v) is 16.2. The first-order valence-electron chi connectivity index (χ1n) is 8.53. The van der Waals surface area contributed by atoms with E-state index in [-0.39, 0.29) is 21.9 Å². The summed E-state index contributed by atoms with van der Waals surface area (Å²) in [5.41, 5.74) is 2.59. The molecular formula is C20H15N3O6S. The van der Waals surface area contributed by atoms with Crippen molar-refractivity contribution in [1.29, 1.82) is 0 Å². The van der Waals surface area contributed by atoms with Crippen LogP contribution in [0, 0.1) is 10.1 Å². The molecule has 3 aromatic rings. The van der Waals surface area contributed by atoms with Crippen LogP contribution in [0.15, 0.2) is 88.9 Å². The number of hydrazone groups is 1. The Morgan fingerprint density at radius 1 is 1.00 bits per heavy atom. The van der Waals surface area contributed by atoms with E-state index >= 15 is 0 Å². The SMILES string of the molecule is O=C(N/N=C/c1cccc(OS(=O)(=O)c2ccccc2)c1)c1cccc([N+](=O)[O-])c1. The van der Waals surface area contributed by atoms with Crippen LogP contribution in [0.4, 0.5) is 5.69 Å². The number of carbonyl (C=O) groups excluding carboxylic acids is 1. The zero-order chi connectivity index (χ0) is 21.6. The number of hydrogen-bond acceptors (Lipinski definition) is 7. The Hall–Kier alpha value is -4.05. The molecule has 0 radical (unpaired) electrons. The highest BCUT2D eigenvalue weighted by Gasteiger charge is 2.16. The largest absolute Gasteiger partial charge is 0.379 e. The van der Waals surface area contributed by atoms with Gasteiger partial charge in [0.05, 0.1) is 11.1 Å². The van der Waals surface area contributed by atoms with Crippen molar-refractivity contribution >= 4 is 27.9 Å². The molecule has 3 rings (SSSR count). The van der Waals surface area contributed by atoms with Crippen LogP contribution in [0.1, 0.15) is 15.9 Å². The number of nitro groups is 1. The minimum Gasteiger partial charge on any atom is -0.379 e. The second-order valence-electron chi connectivity index (χ2n) is 5.93. The van der Waals surface area contributed by atoms with Crippen molar-refractivity contribution in [2.75, 3.05) is 0 Å². The number of nitro benzene ring substituents is 1. The zero-order valence-electron chi connectivity index (χ0n) is 15.3. The highest BCUT2D eigenvalue weighted by molar-refractivity contribution is 7.87. The summed E-state index contributed by atoms with van der Waals surface area (Å²) in [5, 5.41) is 14.6. The van der Waals surface area contributed by atoms with E-state index in [0.29, 0.717) is 5.56 Å². The first-order valence-corrected chi connectivity index (χ1v) is 9.93. The summed E-state index contributed by atoms with van der Waals surface area (Å²) >= 11 is 0. The van der Waals surface area contributed by atoms with Crippen LogP contribution in [0.2, 0.25) is 0 Å². The minimum atomic E-state index is -3.98. The third kappa shape index (κ3) is 5.26. The summed E-state index contributed by atoms with van der Waals surface area (Å²) in [6.45, 7) is 0. The maximum Gasteiger partial charge on any atom is 0.339 e. The molecule has 1 N–H and O–H groups in total. The average molecular weight is 425 g/mol. The fourth-order valence-electron chi connectivity index (χ4n) is 2.40. The molecule has 30 heavy (non-hydrogen) atoms. The molecule has 0 unspecified atom stereocenters. The van der Waals surface area contributed by atoms with Gasteiger partial charge in [-0.25, -0.2) is 5.43 Å². The summed E-state index contributed by atoms with van der Waals surface area (Å²) in [6.07, 6.45) is 1.29. The van der Waals surface area contributed by atoms with Crippen LogP contribution in [-0.4, -0.2) is 25.5 Å². The second kappa shape index (κ2) is 8.97. The van der Waals surface area contributed by atoms with E-state index in [4.69, 9.17) is 4.18 Å². The van der Waals surface area contributed by atoms with Gasteiger partial charge in [-0.1, -0.05) is 36.4 Å². The maximum atomic E-state index is 12.3. The van der Waals surface area contributed by atoms with E-state index < -0.39 is 20.9 Å². The third-order valence-electron chi connectivity index (χ3n) is 3.79. The van der Waals surface area contributed by atoms with Gasteiger partial charge < -0.3 is 4.18 Å². The average Bonchev–Trinajstić information content (AvgIpc) is 2.74. The predicted octanol–water partition coefficient (Wildman–Crippen LogP) is 3.13. The van der Waals surface area contributed by atoms with Crippen molar-refractivity contribution in [3.63, 3.8) is 0 Å². The second-order valence-corrected chi connectivity index (χ2v) is 7.48. The Labute approximate surface area is 171 Å². The molecular weight excluding hydrogens is 410 g/mol. The number of nitrogens with one attached hydrogen (secondary N) is 1. The molecule has 0 fully saturated rings. The van der Waals surface area contributed by atoms with Gasteiger partial charge in [-0.3, -0.25) is 14.9 Å². The van der Waals surface area contributed by atoms with Gasteiger partial charge in [0.15, 0.2) is 0 Å². The van der Waals surface area contributed by atoms with Gasteiger partial charge in [-0.2, -0.15) is 13.5 Å². The lowest BCUT2D eigenvalue weighted by molar-refractivity contribution is -0.384. The van der Waals surface area contributed by atoms with Crippen molar-refractivity contribution in [3.05, 3.63) is 100 Å². The van der Waals surface area contributed by atoms with Gasteiger partial charge in [-0.05, 0) is 35.9 Å². The number of non-ortho nitro benzene ring substituents is 1. The Morgan fingerprint density at radius 3 is 2.47 bits per heavy atom. The Balaban J connectivity index is 1.68. The molecule has 152 valence electrons. The number of nitrogens with zero attached hydrogens (tertiary/aromatic N) is 2. The molecule has 0 aliphatic carbocycles. The van der Waals surface area contributed by atoms with Crippen molar-refractivity contribution in [2.24, 2.45) is 5.10 Å². The van der Waals surface area contributed by atoms with Crippen LogP contribution in [-0.2, 0) is 10.1 Å². The lowest BCUT2D eigenvalue weighted by atomic mass is 10.2. The van der Waals surface area contributed by atoms with Gasteiger partial charge in [-0.15, -0.1) is 0 Å². The number of hydrogen-bond donors (Lipinski definition) is 1. The first-order chi connectivity index (χ1) is 14.3. The smallest absolute Gasteiger partial charge is 0.339 e. The van der Waals surface area contributed by atoms with Crippen molar-refractivity contribution < 1.29 is 22.3 Å². The molecule has 0 aliphatic heterocycles. The van der Waals surface area contributed by atoms with E-state index in [1.54, 1.807) is 30.3 Å². The summed E-state index contributed by atoms with van der Waals surface area (Å²) in [4.78, 5) is 22.3. The standard InChI is InChI=1S/C20H15N3O6S/c24-20(16-7-5-8-17(13-16)23(25)26)22-21-14-15-6-4-9-18(12-15)29-30(27,28)19-10-2-1-3-11-19/h1-14H,(H,22,24)/b21-14+. The van der Waals surface area contributed by atoms with E-state index in [0.717, 1.165) is 6.07 Å². The molecule has 0 saturated carbocycles. The van der Waals surface area contributed by atoms with E-state index in [1.807, 2.05) is 0 Å². The van der Waals surface area contributed by atoms with Crippen LogP contribution < -0.4 is 9.61 Å². The summed E-state index contributed by atoms with van der Waals surface area (Å²) in [6, 6.07) is 19.0. The van der Waals surface area contributed by atoms with Crippen molar-refractivity contribution in [1.82, 2.24) is 5.43 Å². The van der Waals surface area contributed by atoms with Gasteiger partial charge in [0.25, 0.3) is 11.6 Å². The quantitative estimate of drug-likeness (QED) is 0.268. The van der Waals surface area contributed by atoms with Crippen LogP contribution in [0.3, 0.4) is 0 Å². The summed E-state index contributed by atoms with van der Waals surface area (Å²) in [7, 11) is -3.98. The summed E-state index contributed by atoms with van der Waals surface area (Å²) < 4.78 is 29.7. The molecule has 0 saturated heterocycles. The first kappa shape index (κ1) is 20.7. The number of benzene rings is 3. The minimum absolute atomic E-state index is 0.0216. The van der Waals surface area contributed by atoms with Crippen LogP contribution in [0.25, 0.3) is 0 Å². The Kier molecular flexibility index (Phi) is 6.18. The van der Waals surface area contributed by atoms with Gasteiger partial charge in [0, 0.05) is 17.7 Å². The van der Waals surface area contributed by atoms with Crippen molar-refractivity contribution in [2.45, 2.75) is 4.90 Å². The Bertz CT molecular complexity index is 1210. The molecule has 10 heteroatoms. The lowest BCUT2D eigenvalue weighted by Gasteiger charge is -2.07. The topological polar surface area (TPSA) is 128 Å². The monoisotopic (exact) mass is 425 g/mol. The highest BCUT2D eigenvalue weighted by atomic mass is 32.2. The normalized spacial score (nSPS) is 11.2. The van der Waals surface area contributed by atoms with Crippen LogP contribution in [0.5, 0.6) is 5.75 Å². The lowest BCUT2D eigenvalue weighted by Crippen LogP contribution is -2.17. The van der Waals surface area contributed by atoms with E-state index in [2.05, 4.69) is 10.5 Å². The van der Waals surface area contributed by atoms with Gasteiger partial charge in [0.1, 0.15) is 10.6 Å². The third-order valence-corrected chi connectivity index (χ3v) is 5.06. The number of carbonyl (C=O) groups is 1. The molecule has 0 bridgehead atoms. The van der Waals surface area contributed by atoms with Gasteiger partial charge in [0.2, 0.25) is 0 Å². The predicted molar refractivity (Wildman–Crippen MR) is 109 cm³/mol. The molecule has 0 spiro atoms. The highest BCUT2D eigenvalue weighted by Crippen LogP contribution is 2.19. The molecule has 0 atom stereocenters.